The molecule has 2 aromatic rings. The molecule has 5 rings (SSSR count). The van der Waals surface area contributed by atoms with Crippen LogP contribution in [-0.4, -0.2) is 78.0 Å². The molecule has 23 heavy (non-hydrogen) atoms. The molecule has 1 aromatic heterocycles. The minimum absolute atomic E-state index is 0.338. The van der Waals surface area contributed by atoms with E-state index in [0.717, 1.165) is 17.4 Å². The first-order chi connectivity index (χ1) is 11.1. The molecule has 4 nitrogen and oxygen atoms in total. The maximum atomic E-state index is 9.32. The number of aliphatic hydroxyl groups is 1. The van der Waals surface area contributed by atoms with Gasteiger partial charge in [0.25, 0.3) is 0 Å². The Morgan fingerprint density at radius 3 is 2.35 bits per heavy atom. The normalized spacial score (nSPS) is 30.2. The molecule has 0 saturated carbocycles. The number of benzene rings is 1. The van der Waals surface area contributed by atoms with Crippen LogP contribution in [0.4, 0.5) is 0 Å². The zero-order valence-electron chi connectivity index (χ0n) is 14.0. The Balaban J connectivity index is 1.47. The highest BCUT2D eigenvalue weighted by Crippen LogP contribution is 2.29. The van der Waals surface area contributed by atoms with E-state index in [-0.39, 0.29) is 0 Å². The van der Waals surface area contributed by atoms with E-state index < -0.39 is 0 Å². The van der Waals surface area contributed by atoms with Crippen molar-refractivity contribution in [3.8, 4) is 0 Å². The number of para-hydroxylation sites is 1. The van der Waals surface area contributed by atoms with Crippen molar-refractivity contribution in [2.24, 2.45) is 0 Å². The van der Waals surface area contributed by atoms with E-state index in [0.29, 0.717) is 6.61 Å². The van der Waals surface area contributed by atoms with Crippen molar-refractivity contribution in [3.05, 3.63) is 28.8 Å². The van der Waals surface area contributed by atoms with Gasteiger partial charge in [-0.1, -0.05) is 12.1 Å². The van der Waals surface area contributed by atoms with Gasteiger partial charge < -0.3 is 14.1 Å². The average molecular weight is 334 g/mol. The van der Waals surface area contributed by atoms with Crippen LogP contribution in [0, 0.1) is 6.92 Å². The molecule has 1 aromatic carbocycles. The zero-order chi connectivity index (χ0) is 15.9. The van der Waals surface area contributed by atoms with Gasteiger partial charge in [0, 0.05) is 6.42 Å². The predicted molar refractivity (Wildman–Crippen MR) is 94.6 cm³/mol. The summed E-state index contributed by atoms with van der Waals surface area (Å²) in [6, 6.07) is 6.64. The highest BCUT2D eigenvalue weighted by atomic mass is 32.1. The van der Waals surface area contributed by atoms with Crippen molar-refractivity contribution in [3.63, 3.8) is 0 Å². The lowest BCUT2D eigenvalue weighted by molar-refractivity contribution is -1.08. The molecule has 0 unspecified atom stereocenters. The van der Waals surface area contributed by atoms with Crippen molar-refractivity contribution >= 4 is 21.6 Å². The summed E-state index contributed by atoms with van der Waals surface area (Å²) in [4.78, 5) is 4.75. The zero-order valence-corrected chi connectivity index (χ0v) is 14.8. The Hall–Kier alpha value is -1.01. The van der Waals surface area contributed by atoms with E-state index in [4.69, 9.17) is 4.98 Å². The second kappa shape index (κ2) is 5.81. The number of piperazine rings is 3. The summed E-state index contributed by atoms with van der Waals surface area (Å²) in [6.07, 6.45) is 1.14. The van der Waals surface area contributed by atoms with Gasteiger partial charge in [-0.05, 0) is 18.6 Å². The van der Waals surface area contributed by atoms with Crippen LogP contribution in [0.15, 0.2) is 18.2 Å². The third kappa shape index (κ3) is 2.80. The van der Waals surface area contributed by atoms with E-state index >= 15 is 0 Å². The number of aryl methyl sites for hydroxylation is 1. The Kier molecular flexibility index (Phi) is 3.92. The molecule has 2 bridgehead atoms. The molecule has 3 aliphatic rings. The molecule has 124 valence electrons. The van der Waals surface area contributed by atoms with Gasteiger partial charge in [0.1, 0.15) is 45.8 Å². The van der Waals surface area contributed by atoms with E-state index in [9.17, 15) is 5.11 Å². The lowest BCUT2D eigenvalue weighted by atomic mass is 10.0. The van der Waals surface area contributed by atoms with Gasteiger partial charge in [-0.3, -0.25) is 0 Å². The van der Waals surface area contributed by atoms with Crippen LogP contribution >= 0.6 is 11.3 Å². The lowest BCUT2D eigenvalue weighted by Crippen LogP contribution is -2.75. The number of aliphatic hydroxyl groups excluding tert-OH is 1. The number of fused-ring (bicyclic) bond motifs is 4. The van der Waals surface area contributed by atoms with Gasteiger partial charge in [0.15, 0.2) is 0 Å². The van der Waals surface area contributed by atoms with Crippen molar-refractivity contribution in [2.45, 2.75) is 13.3 Å². The highest BCUT2D eigenvalue weighted by Gasteiger charge is 2.48. The van der Waals surface area contributed by atoms with Gasteiger partial charge in [-0.15, -0.1) is 11.3 Å². The molecule has 0 amide bonds. The number of thiazole rings is 1. The molecule has 0 aliphatic carbocycles. The molecule has 0 atom stereocenters. The first-order valence-corrected chi connectivity index (χ1v) is 9.62. The van der Waals surface area contributed by atoms with Crippen molar-refractivity contribution in [2.75, 3.05) is 59.0 Å². The molecule has 3 aliphatic heterocycles. The monoisotopic (exact) mass is 333 g/mol. The minimum Gasteiger partial charge on any atom is -0.391 e. The van der Waals surface area contributed by atoms with Crippen molar-refractivity contribution in [1.82, 2.24) is 4.98 Å². The fourth-order valence-electron chi connectivity index (χ4n) is 4.50. The summed E-state index contributed by atoms with van der Waals surface area (Å²) in [7, 11) is 0. The minimum atomic E-state index is 0.338. The Morgan fingerprint density at radius 1 is 1.04 bits per heavy atom. The number of hydrogen-bond donors (Lipinski definition) is 1. The predicted octanol–water partition coefficient (Wildman–Crippen LogP) is 1.80. The quantitative estimate of drug-likeness (QED) is 0.847. The maximum absolute atomic E-state index is 9.32. The molecule has 3 fully saturated rings. The summed E-state index contributed by atoms with van der Waals surface area (Å²) >= 11 is 1.80. The van der Waals surface area contributed by atoms with Crippen molar-refractivity contribution in [1.29, 1.82) is 0 Å². The maximum Gasteiger partial charge on any atom is 0.129 e. The molecule has 0 spiro atoms. The molecule has 3 saturated heterocycles. The molecule has 1 N–H and O–H groups in total. The Labute approximate surface area is 142 Å². The van der Waals surface area contributed by atoms with Crippen LogP contribution in [0.3, 0.4) is 0 Å². The van der Waals surface area contributed by atoms with E-state index in [1.54, 1.807) is 11.3 Å². The number of quaternary nitrogens is 2. The van der Waals surface area contributed by atoms with Gasteiger partial charge >= 0.3 is 0 Å². The third-order valence-corrected chi connectivity index (χ3v) is 7.12. The van der Waals surface area contributed by atoms with Crippen LogP contribution in [0.2, 0.25) is 0 Å². The van der Waals surface area contributed by atoms with E-state index in [2.05, 4.69) is 25.1 Å². The summed E-state index contributed by atoms with van der Waals surface area (Å²) < 4.78 is 3.78. The van der Waals surface area contributed by atoms with Gasteiger partial charge in [0.2, 0.25) is 0 Å². The molecular formula is C18H27N3OS+2. The second-order valence-electron chi connectivity index (χ2n) is 7.44. The van der Waals surface area contributed by atoms with Crippen LogP contribution < -0.4 is 0 Å². The average Bonchev–Trinajstić information content (AvgIpc) is 2.96. The lowest BCUT2D eigenvalue weighted by Gasteiger charge is -2.55. The molecular weight excluding hydrogens is 306 g/mol. The third-order valence-electron chi connectivity index (χ3n) is 6.19. The fraction of sp³-hybridized carbons (Fsp3) is 0.611. The van der Waals surface area contributed by atoms with Gasteiger partial charge in [-0.2, -0.15) is 0 Å². The number of nitrogens with zero attached hydrogens (tertiary/aromatic N) is 3. The summed E-state index contributed by atoms with van der Waals surface area (Å²) in [5.74, 6) is 0. The van der Waals surface area contributed by atoms with Crippen LogP contribution in [0.1, 0.15) is 10.6 Å². The second-order valence-corrected chi connectivity index (χ2v) is 8.68. The SMILES string of the molecule is Cc1nc2c(CC[N+]34CC[N+](CCO)(CC3)CC4)cccc2s1. The summed E-state index contributed by atoms with van der Waals surface area (Å²) in [5.41, 5.74) is 2.65. The summed E-state index contributed by atoms with van der Waals surface area (Å²) in [5, 5.41) is 10.5. The van der Waals surface area contributed by atoms with E-state index in [1.807, 2.05) is 0 Å². The molecule has 4 heterocycles. The van der Waals surface area contributed by atoms with Gasteiger partial charge in [0.05, 0.1) is 28.4 Å². The first kappa shape index (κ1) is 15.5. The van der Waals surface area contributed by atoms with Crippen LogP contribution in [0.25, 0.3) is 10.2 Å². The van der Waals surface area contributed by atoms with Gasteiger partial charge in [-0.25, -0.2) is 4.98 Å². The number of hydrogen-bond acceptors (Lipinski definition) is 3. The fourth-order valence-corrected chi connectivity index (χ4v) is 5.38. The number of aromatic nitrogens is 1. The largest absolute Gasteiger partial charge is 0.391 e. The van der Waals surface area contributed by atoms with Crippen LogP contribution in [-0.2, 0) is 6.42 Å². The Morgan fingerprint density at radius 2 is 1.70 bits per heavy atom. The standard InChI is InChI=1S/C18H27N3OS/c1-15-19-18-16(3-2-4-17(18)23-15)5-6-20-7-10-21(11-8-20,12-9-20)13-14-22/h2-4,22H,5-14H2,1H3/q+2. The highest BCUT2D eigenvalue weighted by molar-refractivity contribution is 7.18. The Bertz CT molecular complexity index is 687. The smallest absolute Gasteiger partial charge is 0.129 e. The number of rotatable bonds is 5. The van der Waals surface area contributed by atoms with Crippen molar-refractivity contribution < 1.29 is 14.1 Å². The molecule has 5 heteroatoms. The summed E-state index contributed by atoms with van der Waals surface area (Å²) in [6.45, 7) is 12.2. The topological polar surface area (TPSA) is 33.1 Å². The van der Waals surface area contributed by atoms with E-state index in [1.165, 1.54) is 71.1 Å². The first-order valence-electron chi connectivity index (χ1n) is 8.80. The molecule has 0 radical (unpaired) electrons. The van der Waals surface area contributed by atoms with Crippen LogP contribution in [0.5, 0.6) is 0 Å².